The Labute approximate surface area is 190 Å². The number of aromatic nitrogens is 3. The van der Waals surface area contributed by atoms with Gasteiger partial charge in [0.2, 0.25) is 0 Å². The molecule has 3 aromatic rings. The van der Waals surface area contributed by atoms with Gasteiger partial charge in [-0.05, 0) is 69.6 Å². The highest BCUT2D eigenvalue weighted by Gasteiger charge is 2.19. The third-order valence-corrected chi connectivity index (χ3v) is 6.34. The molecule has 32 heavy (non-hydrogen) atoms. The van der Waals surface area contributed by atoms with Gasteiger partial charge in [-0.15, -0.1) is 0 Å². The van der Waals surface area contributed by atoms with E-state index in [2.05, 4.69) is 66.8 Å². The molecule has 0 saturated carbocycles. The second kappa shape index (κ2) is 8.74. The number of benzene rings is 1. The van der Waals surface area contributed by atoms with E-state index in [-0.39, 0.29) is 0 Å². The Hall–Kier alpha value is -3.19. The number of H-pyrrole nitrogens is 1. The summed E-state index contributed by atoms with van der Waals surface area (Å²) in [7, 11) is 2.18. The number of piperazine rings is 1. The normalized spacial score (nSPS) is 15.7. The molecule has 0 radical (unpaired) electrons. The Kier molecular flexibility index (Phi) is 6.02. The first kappa shape index (κ1) is 22.0. The summed E-state index contributed by atoms with van der Waals surface area (Å²) in [5.41, 5.74) is 21.3. The van der Waals surface area contributed by atoms with Crippen LogP contribution in [0.3, 0.4) is 0 Å². The van der Waals surface area contributed by atoms with Gasteiger partial charge >= 0.3 is 0 Å². The predicted molar refractivity (Wildman–Crippen MR) is 134 cm³/mol. The molecule has 1 aliphatic rings. The molecule has 1 aromatic carbocycles. The quantitative estimate of drug-likeness (QED) is 0.568. The smallest absolute Gasteiger partial charge is 0.108 e. The van der Waals surface area contributed by atoms with Crippen LogP contribution in [0.15, 0.2) is 30.7 Å². The van der Waals surface area contributed by atoms with Gasteiger partial charge in [0.1, 0.15) is 5.82 Å². The van der Waals surface area contributed by atoms with Gasteiger partial charge in [0.25, 0.3) is 0 Å². The summed E-state index contributed by atoms with van der Waals surface area (Å²) in [5.74, 6) is 0.600. The number of anilines is 2. The molecular weight excluding hydrogens is 398 g/mol. The summed E-state index contributed by atoms with van der Waals surface area (Å²) in [6, 6.07) is 4.67. The third-order valence-electron chi connectivity index (χ3n) is 6.34. The molecule has 1 fully saturated rings. The average Bonchev–Trinajstić information content (AvgIpc) is 3.36. The van der Waals surface area contributed by atoms with Crippen LogP contribution < -0.4 is 16.4 Å². The van der Waals surface area contributed by atoms with Crippen molar-refractivity contribution < 1.29 is 0 Å². The molecule has 0 amide bonds. The van der Waals surface area contributed by atoms with Crippen LogP contribution in [0.1, 0.15) is 42.1 Å². The average molecular weight is 434 g/mol. The molecule has 7 heteroatoms. The Balaban J connectivity index is 1.66. The number of aromatic amines is 1. The summed E-state index contributed by atoms with van der Waals surface area (Å²) in [5, 5.41) is 4.46. The molecule has 0 atom stereocenters. The molecule has 2 aromatic heterocycles. The van der Waals surface area contributed by atoms with Crippen LogP contribution in [-0.2, 0) is 0 Å². The van der Waals surface area contributed by atoms with Crippen molar-refractivity contribution in [3.05, 3.63) is 53.0 Å². The van der Waals surface area contributed by atoms with Gasteiger partial charge in [0.15, 0.2) is 0 Å². The third kappa shape index (κ3) is 4.25. The maximum atomic E-state index is 6.59. The van der Waals surface area contributed by atoms with Crippen molar-refractivity contribution in [3.8, 4) is 11.1 Å². The van der Waals surface area contributed by atoms with Crippen LogP contribution in [0.4, 0.5) is 11.5 Å². The van der Waals surface area contributed by atoms with Crippen molar-refractivity contribution in [1.82, 2.24) is 19.7 Å². The zero-order valence-electron chi connectivity index (χ0n) is 19.8. The van der Waals surface area contributed by atoms with Crippen molar-refractivity contribution >= 4 is 23.3 Å². The van der Waals surface area contributed by atoms with E-state index in [1.165, 1.54) is 16.8 Å². The highest BCUT2D eigenvalue weighted by molar-refractivity contribution is 5.90. The zero-order chi connectivity index (χ0) is 23.0. The predicted octanol–water partition coefficient (Wildman–Crippen LogP) is 3.87. The minimum absolute atomic E-state index is 0.300. The van der Waals surface area contributed by atoms with Gasteiger partial charge < -0.3 is 26.3 Å². The van der Waals surface area contributed by atoms with Gasteiger partial charge in [0.05, 0.1) is 6.20 Å². The highest BCUT2D eigenvalue weighted by atomic mass is 15.3. The van der Waals surface area contributed by atoms with Crippen molar-refractivity contribution in [3.63, 3.8) is 0 Å². The Morgan fingerprint density at radius 1 is 1.12 bits per heavy atom. The van der Waals surface area contributed by atoms with Gasteiger partial charge in [-0.2, -0.15) is 5.10 Å². The van der Waals surface area contributed by atoms with Crippen LogP contribution in [0.25, 0.3) is 22.9 Å². The first-order chi connectivity index (χ1) is 15.2. The minimum Gasteiger partial charge on any atom is -0.398 e. The monoisotopic (exact) mass is 433 g/mol. The number of nitrogens with two attached hydrogens (primary N) is 2. The van der Waals surface area contributed by atoms with Gasteiger partial charge in [-0.1, -0.05) is 0 Å². The van der Waals surface area contributed by atoms with Crippen molar-refractivity contribution in [1.29, 1.82) is 0 Å². The maximum absolute atomic E-state index is 6.59. The summed E-state index contributed by atoms with van der Waals surface area (Å²) < 4.78 is 1.94. The van der Waals surface area contributed by atoms with Crippen LogP contribution in [0.2, 0.25) is 0 Å². The van der Waals surface area contributed by atoms with E-state index in [0.29, 0.717) is 17.6 Å². The summed E-state index contributed by atoms with van der Waals surface area (Å²) in [6.45, 7) is 12.8. The topological polar surface area (TPSA) is 92.1 Å². The number of aryl methyl sites for hydroxylation is 2. The number of hydrogen-bond acceptors (Lipinski definition) is 5. The minimum atomic E-state index is 0.300. The molecular formula is C25H35N7. The fraction of sp³-hybridized carbons (Fsp3) is 0.400. The summed E-state index contributed by atoms with van der Waals surface area (Å²) in [6.07, 6.45) is 7.80. The second-order valence-electron chi connectivity index (χ2n) is 9.18. The molecule has 1 aliphatic heterocycles. The maximum Gasteiger partial charge on any atom is 0.108 e. The molecule has 0 aliphatic carbocycles. The van der Waals surface area contributed by atoms with Crippen LogP contribution in [0.5, 0.6) is 0 Å². The molecule has 170 valence electrons. The Morgan fingerprint density at radius 2 is 1.78 bits per heavy atom. The molecule has 5 N–H and O–H groups in total. The molecule has 7 nitrogen and oxygen atoms in total. The van der Waals surface area contributed by atoms with Crippen LogP contribution in [-0.4, -0.2) is 52.9 Å². The van der Waals surface area contributed by atoms with E-state index >= 15 is 0 Å². The SMILES string of the molecule is Cc1cc(/C(N)=C/c2c(-c3cnn(C(C)C)c3)c[nH]c2N)cc(C)c1N1CCN(C)CC1. The van der Waals surface area contributed by atoms with Crippen LogP contribution in [0, 0.1) is 13.8 Å². The fourth-order valence-electron chi connectivity index (χ4n) is 4.49. The summed E-state index contributed by atoms with van der Waals surface area (Å²) >= 11 is 0. The van der Waals surface area contributed by atoms with Crippen LogP contribution >= 0.6 is 0 Å². The Bertz CT molecular complexity index is 1100. The number of nitrogens with one attached hydrogen (secondary N) is 1. The van der Waals surface area contributed by atoms with E-state index in [1.54, 1.807) is 0 Å². The standard InChI is InChI=1S/C25H35N7/c1-16(2)32-15-20(13-29-32)22-14-28-25(27)21(22)12-23(26)19-10-17(3)24(18(4)11-19)31-8-6-30(5)7-9-31/h10-16,28H,6-9,26-27H2,1-5H3/b23-12-. The molecule has 0 bridgehead atoms. The molecule has 3 heterocycles. The van der Waals surface area contributed by atoms with Crippen molar-refractivity contribution in [2.75, 3.05) is 43.9 Å². The van der Waals surface area contributed by atoms with E-state index in [4.69, 9.17) is 11.5 Å². The number of hydrogen-bond donors (Lipinski definition) is 3. The number of likely N-dealkylation sites (N-methyl/N-ethyl adjacent to an activating group) is 1. The van der Waals surface area contributed by atoms with E-state index in [9.17, 15) is 0 Å². The van der Waals surface area contributed by atoms with E-state index in [1.807, 2.05) is 29.3 Å². The van der Waals surface area contributed by atoms with E-state index < -0.39 is 0 Å². The molecule has 0 spiro atoms. The molecule has 4 rings (SSSR count). The lowest BCUT2D eigenvalue weighted by atomic mass is 9.99. The van der Waals surface area contributed by atoms with E-state index in [0.717, 1.165) is 48.4 Å². The Morgan fingerprint density at radius 3 is 2.38 bits per heavy atom. The number of nitrogens with zero attached hydrogens (tertiary/aromatic N) is 4. The number of rotatable bonds is 5. The van der Waals surface area contributed by atoms with Gasteiger partial charge in [-0.25, -0.2) is 0 Å². The van der Waals surface area contributed by atoms with Crippen molar-refractivity contribution in [2.24, 2.45) is 5.73 Å². The fourth-order valence-corrected chi connectivity index (χ4v) is 4.49. The number of nitrogen functional groups attached to an aromatic ring is 1. The van der Waals surface area contributed by atoms with Gasteiger partial charge in [-0.3, -0.25) is 4.68 Å². The first-order valence-electron chi connectivity index (χ1n) is 11.3. The second-order valence-corrected chi connectivity index (χ2v) is 9.18. The lowest BCUT2D eigenvalue weighted by Gasteiger charge is -2.36. The summed E-state index contributed by atoms with van der Waals surface area (Å²) in [4.78, 5) is 8.00. The van der Waals surface area contributed by atoms with Gasteiger partial charge in [0, 0.05) is 72.7 Å². The largest absolute Gasteiger partial charge is 0.398 e. The van der Waals surface area contributed by atoms with Crippen molar-refractivity contribution in [2.45, 2.75) is 33.7 Å². The molecule has 0 unspecified atom stereocenters. The lowest BCUT2D eigenvalue weighted by molar-refractivity contribution is 0.312. The molecule has 1 saturated heterocycles. The first-order valence-corrected chi connectivity index (χ1v) is 11.3. The lowest BCUT2D eigenvalue weighted by Crippen LogP contribution is -2.45. The highest BCUT2D eigenvalue weighted by Crippen LogP contribution is 2.33. The zero-order valence-corrected chi connectivity index (χ0v) is 19.8.